The van der Waals surface area contributed by atoms with E-state index < -0.39 is 0 Å². The lowest BCUT2D eigenvalue weighted by molar-refractivity contribution is -0.115. The molecule has 1 heterocycles. The summed E-state index contributed by atoms with van der Waals surface area (Å²) in [6, 6.07) is 18.6. The van der Waals surface area contributed by atoms with Gasteiger partial charge in [0, 0.05) is 17.5 Å². The van der Waals surface area contributed by atoms with Crippen LogP contribution in [0.5, 0.6) is 0 Å². The van der Waals surface area contributed by atoms with Gasteiger partial charge >= 0.3 is 0 Å². The third kappa shape index (κ3) is 3.41. The van der Waals surface area contributed by atoms with Crippen LogP contribution in [0.1, 0.15) is 28.6 Å². The Morgan fingerprint density at radius 3 is 2.25 bits per heavy atom. The number of aromatic nitrogens is 1. The standard InChI is InChI=1S/C19H16N2O2S/c1-2-15(22)20-19-21-16(13-9-5-3-6-10-13)18(24-19)17(23)14-11-7-4-8-12-14/h3-12H,2H2,1H3,(H,20,21,22). The molecule has 4 nitrogen and oxygen atoms in total. The second-order valence-electron chi connectivity index (χ2n) is 5.16. The zero-order valence-corrected chi connectivity index (χ0v) is 14.0. The number of benzene rings is 2. The van der Waals surface area contributed by atoms with Crippen LogP contribution < -0.4 is 5.32 Å². The first-order chi connectivity index (χ1) is 11.7. The highest BCUT2D eigenvalue weighted by Gasteiger charge is 2.21. The third-order valence-electron chi connectivity index (χ3n) is 3.48. The summed E-state index contributed by atoms with van der Waals surface area (Å²) in [5.74, 6) is -0.217. The summed E-state index contributed by atoms with van der Waals surface area (Å²) < 4.78 is 0. The van der Waals surface area contributed by atoms with Crippen molar-refractivity contribution in [3.8, 4) is 11.3 Å². The van der Waals surface area contributed by atoms with Gasteiger partial charge in [-0.1, -0.05) is 78.9 Å². The highest BCUT2D eigenvalue weighted by Crippen LogP contribution is 2.33. The number of amides is 1. The van der Waals surface area contributed by atoms with Gasteiger partial charge in [-0.05, 0) is 0 Å². The molecule has 24 heavy (non-hydrogen) atoms. The van der Waals surface area contributed by atoms with Crippen molar-refractivity contribution in [3.63, 3.8) is 0 Å². The number of rotatable bonds is 5. The number of carbonyl (C=O) groups excluding carboxylic acids is 2. The highest BCUT2D eigenvalue weighted by atomic mass is 32.1. The molecule has 2 aromatic carbocycles. The lowest BCUT2D eigenvalue weighted by atomic mass is 10.1. The fraction of sp³-hybridized carbons (Fsp3) is 0.105. The Morgan fingerprint density at radius 1 is 1.00 bits per heavy atom. The van der Waals surface area contributed by atoms with E-state index in [0.29, 0.717) is 27.7 Å². The van der Waals surface area contributed by atoms with Crippen molar-refractivity contribution in [2.45, 2.75) is 13.3 Å². The molecule has 0 saturated heterocycles. The van der Waals surface area contributed by atoms with Gasteiger partial charge in [0.15, 0.2) is 5.13 Å². The first kappa shape index (κ1) is 16.1. The van der Waals surface area contributed by atoms with Crippen molar-refractivity contribution in [1.29, 1.82) is 0 Å². The molecule has 120 valence electrons. The molecule has 0 aliphatic rings. The fourth-order valence-corrected chi connectivity index (χ4v) is 3.21. The lowest BCUT2D eigenvalue weighted by Crippen LogP contribution is -2.08. The minimum atomic E-state index is -0.123. The molecule has 0 aliphatic carbocycles. The minimum Gasteiger partial charge on any atom is -0.302 e. The Morgan fingerprint density at radius 2 is 1.62 bits per heavy atom. The van der Waals surface area contributed by atoms with E-state index >= 15 is 0 Å². The number of carbonyl (C=O) groups is 2. The molecule has 3 aromatic rings. The van der Waals surface area contributed by atoms with Crippen LogP contribution in [0.2, 0.25) is 0 Å². The van der Waals surface area contributed by atoms with Gasteiger partial charge in [-0.25, -0.2) is 4.98 Å². The summed E-state index contributed by atoms with van der Waals surface area (Å²) in [5.41, 5.74) is 2.05. The zero-order valence-electron chi connectivity index (χ0n) is 13.2. The fourth-order valence-electron chi connectivity index (χ4n) is 2.25. The minimum absolute atomic E-state index is 0.0936. The second kappa shape index (κ2) is 7.19. The van der Waals surface area contributed by atoms with Crippen molar-refractivity contribution in [2.24, 2.45) is 0 Å². The monoisotopic (exact) mass is 336 g/mol. The molecule has 1 aromatic heterocycles. The first-order valence-corrected chi connectivity index (χ1v) is 8.46. The van der Waals surface area contributed by atoms with Crippen LogP contribution in [0.3, 0.4) is 0 Å². The average Bonchev–Trinajstić information content (AvgIpc) is 3.06. The first-order valence-electron chi connectivity index (χ1n) is 7.65. The molecule has 0 unspecified atom stereocenters. The Bertz CT molecular complexity index is 858. The van der Waals surface area contributed by atoms with Gasteiger partial charge in [0.25, 0.3) is 0 Å². The smallest absolute Gasteiger partial charge is 0.225 e. The van der Waals surface area contributed by atoms with Crippen LogP contribution in [0, 0.1) is 0 Å². The van der Waals surface area contributed by atoms with E-state index in [2.05, 4.69) is 10.3 Å². The van der Waals surface area contributed by atoms with Gasteiger partial charge in [-0.15, -0.1) is 0 Å². The summed E-state index contributed by atoms with van der Waals surface area (Å²) in [7, 11) is 0. The van der Waals surface area contributed by atoms with Crippen molar-refractivity contribution in [3.05, 3.63) is 71.1 Å². The molecule has 0 aliphatic heterocycles. The normalized spacial score (nSPS) is 10.4. The molecular formula is C19H16N2O2S. The predicted octanol–water partition coefficient (Wildman–Crippen LogP) is 4.39. The van der Waals surface area contributed by atoms with E-state index in [1.54, 1.807) is 19.1 Å². The van der Waals surface area contributed by atoms with Crippen LogP contribution in [0.4, 0.5) is 5.13 Å². The molecule has 0 bridgehead atoms. The largest absolute Gasteiger partial charge is 0.302 e. The maximum atomic E-state index is 12.9. The van der Waals surface area contributed by atoms with Gasteiger partial charge in [0.05, 0.1) is 5.69 Å². The van der Waals surface area contributed by atoms with Crippen LogP contribution in [-0.4, -0.2) is 16.7 Å². The number of anilines is 1. The van der Waals surface area contributed by atoms with Crippen LogP contribution in [0.25, 0.3) is 11.3 Å². The number of ketones is 1. The molecule has 1 N–H and O–H groups in total. The summed E-state index contributed by atoms with van der Waals surface area (Å²) in [5, 5.41) is 3.19. The van der Waals surface area contributed by atoms with E-state index in [1.807, 2.05) is 48.5 Å². The van der Waals surface area contributed by atoms with Crippen molar-refractivity contribution < 1.29 is 9.59 Å². The molecule has 0 spiro atoms. The Balaban J connectivity index is 2.06. The number of nitrogens with one attached hydrogen (secondary N) is 1. The SMILES string of the molecule is CCC(=O)Nc1nc(-c2ccccc2)c(C(=O)c2ccccc2)s1. The molecular weight excluding hydrogens is 320 g/mol. The molecule has 1 amide bonds. The predicted molar refractivity (Wildman–Crippen MR) is 96.3 cm³/mol. The van der Waals surface area contributed by atoms with E-state index in [1.165, 1.54) is 11.3 Å². The van der Waals surface area contributed by atoms with Crippen LogP contribution in [-0.2, 0) is 4.79 Å². The molecule has 0 atom stereocenters. The number of hydrogen-bond acceptors (Lipinski definition) is 4. The number of hydrogen-bond donors (Lipinski definition) is 1. The number of nitrogens with zero attached hydrogens (tertiary/aromatic N) is 1. The zero-order chi connectivity index (χ0) is 16.9. The summed E-state index contributed by atoms with van der Waals surface area (Å²) in [6.45, 7) is 1.77. The van der Waals surface area contributed by atoms with Gasteiger partial charge < -0.3 is 5.32 Å². The van der Waals surface area contributed by atoms with Crippen molar-refractivity contribution in [2.75, 3.05) is 5.32 Å². The molecule has 3 rings (SSSR count). The van der Waals surface area contributed by atoms with Gasteiger partial charge in [-0.3, -0.25) is 9.59 Å². The molecule has 0 saturated carbocycles. The van der Waals surface area contributed by atoms with Crippen molar-refractivity contribution in [1.82, 2.24) is 4.98 Å². The second-order valence-corrected chi connectivity index (χ2v) is 6.16. The van der Waals surface area contributed by atoms with Crippen LogP contribution >= 0.6 is 11.3 Å². The highest BCUT2D eigenvalue weighted by molar-refractivity contribution is 7.18. The van der Waals surface area contributed by atoms with E-state index in [0.717, 1.165) is 5.56 Å². The van der Waals surface area contributed by atoms with E-state index in [-0.39, 0.29) is 11.7 Å². The molecule has 0 radical (unpaired) electrons. The Kier molecular flexibility index (Phi) is 4.82. The van der Waals surface area contributed by atoms with E-state index in [4.69, 9.17) is 0 Å². The van der Waals surface area contributed by atoms with Crippen LogP contribution in [0.15, 0.2) is 60.7 Å². The summed E-state index contributed by atoms with van der Waals surface area (Å²) >= 11 is 1.21. The summed E-state index contributed by atoms with van der Waals surface area (Å²) in [4.78, 5) is 29.5. The van der Waals surface area contributed by atoms with Gasteiger partial charge in [0.2, 0.25) is 11.7 Å². The average molecular weight is 336 g/mol. The molecule has 5 heteroatoms. The molecule has 0 fully saturated rings. The van der Waals surface area contributed by atoms with E-state index in [9.17, 15) is 9.59 Å². The Labute approximate surface area is 144 Å². The topological polar surface area (TPSA) is 59.1 Å². The lowest BCUT2D eigenvalue weighted by Gasteiger charge is -2.02. The van der Waals surface area contributed by atoms with Gasteiger partial charge in [-0.2, -0.15) is 0 Å². The maximum absolute atomic E-state index is 12.9. The Hall–Kier alpha value is -2.79. The maximum Gasteiger partial charge on any atom is 0.225 e. The van der Waals surface area contributed by atoms with Crippen molar-refractivity contribution >= 4 is 28.2 Å². The quantitative estimate of drug-likeness (QED) is 0.703. The van der Waals surface area contributed by atoms with Gasteiger partial charge in [0.1, 0.15) is 4.88 Å². The third-order valence-corrected chi connectivity index (χ3v) is 4.45. The number of thiazole rings is 1. The summed E-state index contributed by atoms with van der Waals surface area (Å²) in [6.07, 6.45) is 0.363.